The van der Waals surface area contributed by atoms with Gasteiger partial charge in [-0.15, -0.1) is 0 Å². The predicted molar refractivity (Wildman–Crippen MR) is 177 cm³/mol. The zero-order valence-corrected chi connectivity index (χ0v) is 26.3. The van der Waals surface area contributed by atoms with Crippen LogP contribution in [0, 0.1) is 10.1 Å². The van der Waals surface area contributed by atoms with Crippen LogP contribution in [0.1, 0.15) is 35.2 Å². The summed E-state index contributed by atoms with van der Waals surface area (Å²) in [5.41, 5.74) is 2.97. The number of fused-ring (bicyclic) bond motifs is 1. The molecule has 10 nitrogen and oxygen atoms in total. The molecule has 0 bridgehead atoms. The molecule has 1 aliphatic rings. The number of methoxy groups -OCH3 is 1. The summed E-state index contributed by atoms with van der Waals surface area (Å²) in [6, 6.07) is 29.4. The fourth-order valence-electron chi connectivity index (χ4n) is 5.29. The predicted octanol–water partition coefficient (Wildman–Crippen LogP) is 5.47. The highest BCUT2D eigenvalue weighted by Gasteiger charge is 2.34. The van der Waals surface area contributed by atoms with Gasteiger partial charge in [-0.25, -0.2) is 9.79 Å². The van der Waals surface area contributed by atoms with Crippen molar-refractivity contribution < 1.29 is 23.9 Å². The van der Waals surface area contributed by atoms with Crippen LogP contribution in [0.25, 0.3) is 6.08 Å². The third kappa shape index (κ3) is 6.75. The fraction of sp³-hybridized carbons (Fsp3) is 0.139. The van der Waals surface area contributed by atoms with Crippen molar-refractivity contribution in [1.82, 2.24) is 4.57 Å². The molecule has 2 heterocycles. The van der Waals surface area contributed by atoms with E-state index >= 15 is 0 Å². The maximum absolute atomic E-state index is 14.1. The number of benzene rings is 4. The summed E-state index contributed by atoms with van der Waals surface area (Å²) < 4.78 is 19.3. The molecular formula is C36H29N3O7S. The van der Waals surface area contributed by atoms with Crippen LogP contribution >= 0.6 is 11.3 Å². The first-order valence-electron chi connectivity index (χ1n) is 14.6. The Balaban J connectivity index is 1.43. The highest BCUT2D eigenvalue weighted by molar-refractivity contribution is 7.07. The lowest BCUT2D eigenvalue weighted by molar-refractivity contribution is -0.384. The number of allylic oxidation sites excluding steroid dienone is 1. The van der Waals surface area contributed by atoms with Crippen molar-refractivity contribution in [3.8, 4) is 11.5 Å². The van der Waals surface area contributed by atoms with Crippen LogP contribution in [0.3, 0.4) is 0 Å². The van der Waals surface area contributed by atoms with Crippen molar-refractivity contribution in [2.45, 2.75) is 26.2 Å². The summed E-state index contributed by atoms with van der Waals surface area (Å²) in [6.07, 6.45) is 1.59. The van der Waals surface area contributed by atoms with E-state index in [0.29, 0.717) is 44.3 Å². The fourth-order valence-corrected chi connectivity index (χ4v) is 6.33. The first-order valence-corrected chi connectivity index (χ1v) is 15.5. The van der Waals surface area contributed by atoms with E-state index in [0.717, 1.165) is 22.5 Å². The molecule has 5 aromatic rings. The van der Waals surface area contributed by atoms with E-state index < -0.39 is 22.5 Å². The van der Waals surface area contributed by atoms with Gasteiger partial charge in [0.05, 0.1) is 33.9 Å². The maximum Gasteiger partial charge on any atom is 0.338 e. The van der Waals surface area contributed by atoms with Gasteiger partial charge in [-0.3, -0.25) is 19.5 Å². The zero-order chi connectivity index (χ0) is 32.9. The molecule has 1 atom stereocenters. The van der Waals surface area contributed by atoms with Crippen LogP contribution in [0.2, 0.25) is 0 Å². The second-order valence-corrected chi connectivity index (χ2v) is 11.7. The molecule has 0 radical (unpaired) electrons. The summed E-state index contributed by atoms with van der Waals surface area (Å²) in [7, 11) is 1.52. The lowest BCUT2D eigenvalue weighted by Crippen LogP contribution is -2.39. The topological polar surface area (TPSA) is 122 Å². The van der Waals surface area contributed by atoms with Crippen LogP contribution in [-0.2, 0) is 22.7 Å². The number of hydrogen-bond acceptors (Lipinski definition) is 9. The molecule has 0 amide bonds. The Morgan fingerprint density at radius 2 is 1.64 bits per heavy atom. The number of non-ortho nitro benzene ring substituents is 1. The second kappa shape index (κ2) is 13.7. The second-order valence-electron chi connectivity index (χ2n) is 10.7. The number of aromatic nitrogens is 1. The van der Waals surface area contributed by atoms with Gasteiger partial charge in [0.1, 0.15) is 13.2 Å². The van der Waals surface area contributed by atoms with Gasteiger partial charge in [-0.1, -0.05) is 90.2 Å². The number of hydrogen-bond donors (Lipinski definition) is 0. The molecular weight excluding hydrogens is 618 g/mol. The maximum atomic E-state index is 14.1. The van der Waals surface area contributed by atoms with Crippen LogP contribution in [-0.4, -0.2) is 22.6 Å². The minimum atomic E-state index is -0.904. The van der Waals surface area contributed by atoms with Gasteiger partial charge in [0, 0.05) is 12.1 Å². The minimum absolute atomic E-state index is 0.0377. The van der Waals surface area contributed by atoms with Gasteiger partial charge in [0.25, 0.3) is 11.2 Å². The third-order valence-corrected chi connectivity index (χ3v) is 8.56. The van der Waals surface area contributed by atoms with E-state index in [1.807, 2.05) is 60.7 Å². The molecule has 11 heteroatoms. The molecule has 1 aliphatic heterocycles. The summed E-state index contributed by atoms with van der Waals surface area (Å²) in [5, 5.41) is 11.3. The summed E-state index contributed by atoms with van der Waals surface area (Å²) in [6.45, 7) is 2.06. The van der Waals surface area contributed by atoms with Crippen molar-refractivity contribution >= 4 is 29.1 Å². The molecule has 0 saturated carbocycles. The molecule has 0 fully saturated rings. The Bertz CT molecular complexity index is 2170. The van der Waals surface area contributed by atoms with Gasteiger partial charge in [-0.2, -0.15) is 0 Å². The Morgan fingerprint density at radius 3 is 2.32 bits per heavy atom. The Labute approximate surface area is 273 Å². The Kier molecular flexibility index (Phi) is 9.07. The average Bonchev–Trinajstić information content (AvgIpc) is 3.40. The number of nitrogens with zero attached hydrogens (tertiary/aromatic N) is 3. The Morgan fingerprint density at radius 1 is 0.936 bits per heavy atom. The monoisotopic (exact) mass is 647 g/mol. The lowest BCUT2D eigenvalue weighted by Gasteiger charge is -2.25. The summed E-state index contributed by atoms with van der Waals surface area (Å²) in [5.74, 6) is 0.298. The summed E-state index contributed by atoms with van der Waals surface area (Å²) in [4.78, 5) is 43.7. The zero-order valence-electron chi connectivity index (χ0n) is 25.5. The van der Waals surface area contributed by atoms with Crippen LogP contribution < -0.4 is 24.4 Å². The molecule has 236 valence electrons. The van der Waals surface area contributed by atoms with E-state index in [-0.39, 0.29) is 17.9 Å². The summed E-state index contributed by atoms with van der Waals surface area (Å²) >= 11 is 1.13. The quantitative estimate of drug-likeness (QED) is 0.112. The minimum Gasteiger partial charge on any atom is -0.493 e. The van der Waals surface area contributed by atoms with Crippen LogP contribution in [0.4, 0.5) is 5.69 Å². The van der Waals surface area contributed by atoms with Crippen LogP contribution in [0.15, 0.2) is 124 Å². The van der Waals surface area contributed by atoms with Gasteiger partial charge >= 0.3 is 5.97 Å². The number of carbonyl (C=O) groups is 1. The molecule has 47 heavy (non-hydrogen) atoms. The van der Waals surface area contributed by atoms with Gasteiger partial charge < -0.3 is 14.2 Å². The molecule has 0 saturated heterocycles. The van der Waals surface area contributed by atoms with Crippen molar-refractivity contribution in [1.29, 1.82) is 0 Å². The molecule has 6 rings (SSSR count). The number of ether oxygens (including phenoxy) is 3. The van der Waals surface area contributed by atoms with Crippen molar-refractivity contribution in [2.24, 2.45) is 4.99 Å². The molecule has 4 aromatic carbocycles. The first kappa shape index (κ1) is 31.2. The molecule has 0 aliphatic carbocycles. The number of rotatable bonds is 10. The highest BCUT2D eigenvalue weighted by Crippen LogP contribution is 2.36. The standard InChI is InChI=1S/C36H29N3O7S/c1-23-32(35(41)46-22-25-12-7-4-8-13-25)33(27-16-17-29(30(20-27)44-2)45-21-24-10-5-3-6-11-24)38-34(40)31(47-36(38)37-23)19-26-14-9-15-28(18-26)39(42)43/h3-20,33H,21-22H2,1-2H3. The van der Waals surface area contributed by atoms with Crippen LogP contribution in [0.5, 0.6) is 11.5 Å². The van der Waals surface area contributed by atoms with Gasteiger partial charge in [-0.05, 0) is 47.4 Å². The number of nitro groups is 1. The largest absolute Gasteiger partial charge is 0.493 e. The molecule has 0 N–H and O–H groups in total. The lowest BCUT2D eigenvalue weighted by atomic mass is 9.95. The molecule has 0 spiro atoms. The third-order valence-electron chi connectivity index (χ3n) is 7.57. The van der Waals surface area contributed by atoms with Crippen molar-refractivity contribution in [3.05, 3.63) is 166 Å². The molecule has 1 aromatic heterocycles. The Hall–Kier alpha value is -5.81. The van der Waals surface area contributed by atoms with E-state index in [1.54, 1.807) is 43.3 Å². The highest BCUT2D eigenvalue weighted by atomic mass is 32.1. The van der Waals surface area contributed by atoms with Crippen molar-refractivity contribution in [2.75, 3.05) is 7.11 Å². The SMILES string of the molecule is COc1cc(C2C(C(=O)OCc3ccccc3)=C(C)N=c3sc(=Cc4cccc([N+](=O)[O-])c4)c(=O)n32)ccc1OCc1ccccc1. The number of thiazole rings is 1. The first-order chi connectivity index (χ1) is 22.8. The van der Waals surface area contributed by atoms with Gasteiger partial charge in [0.2, 0.25) is 0 Å². The van der Waals surface area contributed by atoms with Crippen molar-refractivity contribution in [3.63, 3.8) is 0 Å². The molecule has 1 unspecified atom stereocenters. The van der Waals surface area contributed by atoms with Gasteiger partial charge in [0.15, 0.2) is 16.3 Å². The normalized spacial score (nSPS) is 14.3. The smallest absolute Gasteiger partial charge is 0.338 e. The number of esters is 1. The van der Waals surface area contributed by atoms with E-state index in [9.17, 15) is 19.7 Å². The van der Waals surface area contributed by atoms with E-state index in [4.69, 9.17) is 14.2 Å². The number of nitro benzene ring substituents is 1. The average molecular weight is 648 g/mol. The van der Waals surface area contributed by atoms with E-state index in [1.165, 1.54) is 23.8 Å². The number of carbonyl (C=O) groups excluding carboxylic acids is 1. The van der Waals surface area contributed by atoms with E-state index in [2.05, 4.69) is 4.99 Å².